The van der Waals surface area contributed by atoms with Crippen LogP contribution < -0.4 is 5.73 Å². The van der Waals surface area contributed by atoms with Crippen LogP contribution in [0, 0.1) is 12.7 Å². The summed E-state index contributed by atoms with van der Waals surface area (Å²) in [6.45, 7) is 2.00. The lowest BCUT2D eigenvalue weighted by molar-refractivity contribution is 0.399. The van der Waals surface area contributed by atoms with Gasteiger partial charge in [-0.05, 0) is 30.2 Å². The summed E-state index contributed by atoms with van der Waals surface area (Å²) in [5.74, 6) is -0.352. The highest BCUT2D eigenvalue weighted by Gasteiger charge is 2.12. The molecule has 0 radical (unpaired) electrons. The minimum absolute atomic E-state index is 0.0954. The highest BCUT2D eigenvalue weighted by molar-refractivity contribution is 5.82. The van der Waals surface area contributed by atoms with Gasteiger partial charge in [-0.3, -0.25) is 0 Å². The molecule has 24 heavy (non-hydrogen) atoms. The molecule has 0 heterocycles. The molecule has 0 amide bonds. The summed E-state index contributed by atoms with van der Waals surface area (Å²) in [5, 5.41) is 17.6. The van der Waals surface area contributed by atoms with Crippen molar-refractivity contribution in [2.75, 3.05) is 12.8 Å². The smallest absolute Gasteiger partial charge is 0.146 e. The third kappa shape index (κ3) is 3.55. The van der Waals surface area contributed by atoms with Gasteiger partial charge < -0.3 is 15.9 Å². The van der Waals surface area contributed by atoms with Crippen LogP contribution in [0.1, 0.15) is 5.56 Å². The number of nitrogen functional groups attached to an aromatic ring is 1. The second-order valence-corrected chi connectivity index (χ2v) is 5.31. The molecule has 124 valence electrons. The van der Waals surface area contributed by atoms with Gasteiger partial charge in [0.05, 0.1) is 5.69 Å². The van der Waals surface area contributed by atoms with Crippen molar-refractivity contribution in [1.82, 2.24) is 0 Å². The molecule has 0 aliphatic heterocycles. The van der Waals surface area contributed by atoms with E-state index < -0.39 is 5.82 Å². The predicted octanol–water partition coefficient (Wildman–Crippen LogP) is 4.36. The third-order valence-electron chi connectivity index (χ3n) is 3.68. The minimum Gasteiger partial charge on any atom is -0.507 e. The first-order valence-electron chi connectivity index (χ1n) is 7.45. The Labute approximate surface area is 140 Å². The molecule has 0 bridgehead atoms. The fourth-order valence-corrected chi connectivity index (χ4v) is 2.52. The van der Waals surface area contributed by atoms with Crippen LogP contribution in [0.5, 0.6) is 5.75 Å². The molecule has 0 saturated heterocycles. The van der Waals surface area contributed by atoms with E-state index >= 15 is 0 Å². The summed E-state index contributed by atoms with van der Waals surface area (Å²) in [4.78, 5) is 0. The van der Waals surface area contributed by atoms with E-state index in [1.165, 1.54) is 12.1 Å². The van der Waals surface area contributed by atoms with Crippen molar-refractivity contribution in [3.8, 4) is 28.0 Å². The van der Waals surface area contributed by atoms with Gasteiger partial charge in [-0.2, -0.15) is 0 Å². The molecule has 3 nitrogen and oxygen atoms in total. The van der Waals surface area contributed by atoms with Crippen molar-refractivity contribution in [3.63, 3.8) is 0 Å². The molecule has 0 aliphatic carbocycles. The number of aromatic hydroxyl groups is 1. The summed E-state index contributed by atoms with van der Waals surface area (Å²) in [7, 11) is 1.00. The van der Waals surface area contributed by atoms with E-state index in [0.29, 0.717) is 11.1 Å². The van der Waals surface area contributed by atoms with Crippen LogP contribution in [-0.2, 0) is 0 Å². The number of halogens is 1. The molecule has 0 fully saturated rings. The Hall–Kier alpha value is -2.85. The van der Waals surface area contributed by atoms with E-state index in [2.05, 4.69) is 0 Å². The number of aliphatic hydroxyl groups excluding tert-OH is 1. The highest BCUT2D eigenvalue weighted by Crippen LogP contribution is 2.38. The van der Waals surface area contributed by atoms with Gasteiger partial charge in [-0.1, -0.05) is 54.1 Å². The van der Waals surface area contributed by atoms with E-state index in [-0.39, 0.29) is 11.4 Å². The van der Waals surface area contributed by atoms with Gasteiger partial charge in [0.15, 0.2) is 0 Å². The van der Waals surface area contributed by atoms with Crippen LogP contribution in [0.25, 0.3) is 22.3 Å². The first kappa shape index (κ1) is 17.5. The molecule has 3 aromatic carbocycles. The largest absolute Gasteiger partial charge is 0.507 e. The lowest BCUT2D eigenvalue weighted by Crippen LogP contribution is -1.91. The summed E-state index contributed by atoms with van der Waals surface area (Å²) >= 11 is 0. The number of para-hydroxylation sites is 1. The molecular formula is C20H20FNO2. The third-order valence-corrected chi connectivity index (χ3v) is 3.68. The molecule has 0 saturated carbocycles. The first-order chi connectivity index (χ1) is 11.6. The van der Waals surface area contributed by atoms with Gasteiger partial charge in [0, 0.05) is 18.2 Å². The number of hydrogen-bond donors (Lipinski definition) is 3. The van der Waals surface area contributed by atoms with E-state index in [9.17, 15) is 9.50 Å². The van der Waals surface area contributed by atoms with E-state index in [1.807, 2.05) is 43.3 Å². The van der Waals surface area contributed by atoms with Crippen molar-refractivity contribution in [3.05, 3.63) is 72.0 Å². The van der Waals surface area contributed by atoms with Gasteiger partial charge >= 0.3 is 0 Å². The molecule has 4 heteroatoms. The standard InChI is InChI=1S/C19H16FNO.CH4O/c1-12-4-2-5-13(10-12)15-6-3-7-16(19(15)22)14-8-9-18(21)17(20)11-14;1-2/h2-11,22H,21H2,1H3;2H,1H3. The van der Waals surface area contributed by atoms with Crippen molar-refractivity contribution >= 4 is 5.69 Å². The van der Waals surface area contributed by atoms with Crippen molar-refractivity contribution in [1.29, 1.82) is 0 Å². The molecule has 0 atom stereocenters. The molecule has 0 aromatic heterocycles. The normalized spacial score (nSPS) is 10.0. The fraction of sp³-hybridized carbons (Fsp3) is 0.100. The van der Waals surface area contributed by atoms with E-state index in [4.69, 9.17) is 10.8 Å². The molecule has 3 rings (SSSR count). The Morgan fingerprint density at radius 2 is 1.42 bits per heavy atom. The fourth-order valence-electron chi connectivity index (χ4n) is 2.52. The zero-order chi connectivity index (χ0) is 17.7. The number of hydrogen-bond acceptors (Lipinski definition) is 3. The van der Waals surface area contributed by atoms with Gasteiger partial charge in [0.2, 0.25) is 0 Å². The SMILES string of the molecule is CO.Cc1cccc(-c2cccc(-c3ccc(N)c(F)c3)c2O)c1. The Morgan fingerprint density at radius 1 is 0.833 bits per heavy atom. The number of anilines is 1. The van der Waals surface area contributed by atoms with Crippen LogP contribution in [0.2, 0.25) is 0 Å². The number of nitrogens with two attached hydrogens (primary N) is 1. The first-order valence-corrected chi connectivity index (χ1v) is 7.45. The molecule has 0 unspecified atom stereocenters. The summed E-state index contributed by atoms with van der Waals surface area (Å²) in [6.07, 6.45) is 0. The average molecular weight is 325 g/mol. The number of aliphatic hydroxyl groups is 1. The number of rotatable bonds is 2. The second-order valence-electron chi connectivity index (χ2n) is 5.31. The summed E-state index contributed by atoms with van der Waals surface area (Å²) in [5.41, 5.74) is 9.54. The van der Waals surface area contributed by atoms with Gasteiger partial charge in [0.25, 0.3) is 0 Å². The highest BCUT2D eigenvalue weighted by atomic mass is 19.1. The lowest BCUT2D eigenvalue weighted by atomic mass is 9.96. The van der Waals surface area contributed by atoms with Gasteiger partial charge in [0.1, 0.15) is 11.6 Å². The van der Waals surface area contributed by atoms with Crippen LogP contribution in [-0.4, -0.2) is 17.3 Å². The van der Waals surface area contributed by atoms with Crippen molar-refractivity contribution in [2.24, 2.45) is 0 Å². The quantitative estimate of drug-likeness (QED) is 0.613. The minimum atomic E-state index is -0.488. The monoisotopic (exact) mass is 325 g/mol. The number of aryl methyl sites for hydroxylation is 1. The van der Waals surface area contributed by atoms with Crippen LogP contribution in [0.15, 0.2) is 60.7 Å². The van der Waals surface area contributed by atoms with Gasteiger partial charge in [-0.25, -0.2) is 4.39 Å². The van der Waals surface area contributed by atoms with Gasteiger partial charge in [-0.15, -0.1) is 0 Å². The van der Waals surface area contributed by atoms with Crippen LogP contribution in [0.4, 0.5) is 10.1 Å². The Bertz CT molecular complexity index is 847. The van der Waals surface area contributed by atoms with Crippen LogP contribution in [0.3, 0.4) is 0 Å². The maximum Gasteiger partial charge on any atom is 0.146 e. The second kappa shape index (κ2) is 7.62. The predicted molar refractivity (Wildman–Crippen MR) is 96.2 cm³/mol. The lowest BCUT2D eigenvalue weighted by Gasteiger charge is -2.11. The molecular weight excluding hydrogens is 305 g/mol. The Morgan fingerprint density at radius 3 is 2.00 bits per heavy atom. The Kier molecular flexibility index (Phi) is 5.55. The van der Waals surface area contributed by atoms with Crippen LogP contribution >= 0.6 is 0 Å². The maximum absolute atomic E-state index is 13.7. The summed E-state index contributed by atoms with van der Waals surface area (Å²) in [6, 6.07) is 17.9. The molecule has 4 N–H and O–H groups in total. The maximum atomic E-state index is 13.7. The summed E-state index contributed by atoms with van der Waals surface area (Å²) < 4.78 is 13.7. The topological polar surface area (TPSA) is 66.5 Å². The van der Waals surface area contributed by atoms with Crippen molar-refractivity contribution < 1.29 is 14.6 Å². The zero-order valence-electron chi connectivity index (χ0n) is 13.6. The van der Waals surface area contributed by atoms with Crippen molar-refractivity contribution in [2.45, 2.75) is 6.92 Å². The average Bonchev–Trinajstić information content (AvgIpc) is 2.59. The molecule has 0 spiro atoms. The number of phenolic OH excluding ortho intramolecular Hbond substituents is 1. The van der Waals surface area contributed by atoms with E-state index in [0.717, 1.165) is 23.8 Å². The van der Waals surface area contributed by atoms with E-state index in [1.54, 1.807) is 12.1 Å². The molecule has 3 aromatic rings. The zero-order valence-corrected chi connectivity index (χ0v) is 13.6. The Balaban J connectivity index is 0.00000100. The number of benzene rings is 3. The number of phenols is 1. The molecule has 0 aliphatic rings.